The zero-order valence-electron chi connectivity index (χ0n) is 11.4. The Balaban J connectivity index is 2.30. The van der Waals surface area contributed by atoms with Gasteiger partial charge in [-0.1, -0.05) is 39.0 Å². The zero-order chi connectivity index (χ0) is 12.5. The van der Waals surface area contributed by atoms with E-state index in [4.69, 9.17) is 4.74 Å². The van der Waals surface area contributed by atoms with Gasteiger partial charge in [-0.15, -0.1) is 0 Å². The summed E-state index contributed by atoms with van der Waals surface area (Å²) in [5, 5.41) is 0. The van der Waals surface area contributed by atoms with Crippen molar-refractivity contribution in [3.8, 4) is 5.75 Å². The minimum Gasteiger partial charge on any atom is -0.493 e. The van der Waals surface area contributed by atoms with Crippen molar-refractivity contribution in [3.63, 3.8) is 0 Å². The van der Waals surface area contributed by atoms with Gasteiger partial charge in [0.15, 0.2) is 0 Å². The lowest BCUT2D eigenvalue weighted by molar-refractivity contribution is 0.248. The van der Waals surface area contributed by atoms with E-state index in [9.17, 15) is 0 Å². The molecule has 96 valence electrons. The summed E-state index contributed by atoms with van der Waals surface area (Å²) in [6.45, 7) is 10.8. The van der Waals surface area contributed by atoms with E-state index in [1.54, 1.807) is 0 Å². The number of ether oxygens (including phenoxy) is 1. The van der Waals surface area contributed by atoms with E-state index >= 15 is 0 Å². The molecule has 0 aliphatic rings. The van der Waals surface area contributed by atoms with Crippen LogP contribution < -0.4 is 4.74 Å². The van der Waals surface area contributed by atoms with Gasteiger partial charge in [-0.2, -0.15) is 0 Å². The van der Waals surface area contributed by atoms with Crippen LogP contribution in [-0.2, 0) is 6.42 Å². The molecule has 2 heteroatoms. The summed E-state index contributed by atoms with van der Waals surface area (Å²) in [4.78, 5) is 2.43. The Bertz CT molecular complexity index is 308. The molecular formula is C15H25NO. The van der Waals surface area contributed by atoms with Crippen LogP contribution in [0.3, 0.4) is 0 Å². The second-order valence-corrected chi connectivity index (χ2v) is 4.19. The molecule has 0 atom stereocenters. The molecule has 0 fully saturated rings. The maximum absolute atomic E-state index is 5.84. The molecule has 0 radical (unpaired) electrons. The number of para-hydroxylation sites is 1. The fourth-order valence-electron chi connectivity index (χ4n) is 1.95. The van der Waals surface area contributed by atoms with Crippen LogP contribution in [0, 0.1) is 0 Å². The van der Waals surface area contributed by atoms with E-state index in [1.807, 2.05) is 6.07 Å². The van der Waals surface area contributed by atoms with Crippen LogP contribution in [0.15, 0.2) is 24.3 Å². The van der Waals surface area contributed by atoms with Crippen LogP contribution in [0.4, 0.5) is 0 Å². The molecule has 0 heterocycles. The molecule has 0 saturated carbocycles. The van der Waals surface area contributed by atoms with Crippen LogP contribution in [0.1, 0.15) is 32.8 Å². The molecule has 1 aromatic rings. The molecule has 0 aliphatic heterocycles. The summed E-state index contributed by atoms with van der Waals surface area (Å²) >= 11 is 0. The highest BCUT2D eigenvalue weighted by Crippen LogP contribution is 2.18. The van der Waals surface area contributed by atoms with E-state index in [1.165, 1.54) is 5.56 Å². The molecule has 0 aromatic heterocycles. The third-order valence-electron chi connectivity index (χ3n) is 3.12. The van der Waals surface area contributed by atoms with Crippen molar-refractivity contribution in [2.24, 2.45) is 0 Å². The number of rotatable bonds is 8. The van der Waals surface area contributed by atoms with Gasteiger partial charge < -0.3 is 9.64 Å². The van der Waals surface area contributed by atoms with Crippen molar-refractivity contribution >= 4 is 0 Å². The van der Waals surface area contributed by atoms with Gasteiger partial charge in [-0.25, -0.2) is 0 Å². The van der Waals surface area contributed by atoms with Gasteiger partial charge in [-0.3, -0.25) is 0 Å². The number of hydrogen-bond donors (Lipinski definition) is 0. The van der Waals surface area contributed by atoms with Crippen molar-refractivity contribution in [1.29, 1.82) is 0 Å². The molecule has 0 unspecified atom stereocenters. The lowest BCUT2D eigenvalue weighted by Crippen LogP contribution is -2.25. The van der Waals surface area contributed by atoms with Gasteiger partial charge in [0.1, 0.15) is 5.75 Å². The van der Waals surface area contributed by atoms with Crippen LogP contribution in [0.25, 0.3) is 0 Å². The zero-order valence-corrected chi connectivity index (χ0v) is 11.4. The van der Waals surface area contributed by atoms with Crippen molar-refractivity contribution in [1.82, 2.24) is 4.90 Å². The second-order valence-electron chi connectivity index (χ2n) is 4.19. The van der Waals surface area contributed by atoms with Gasteiger partial charge in [0, 0.05) is 6.54 Å². The van der Waals surface area contributed by atoms with Gasteiger partial charge in [0.2, 0.25) is 0 Å². The average molecular weight is 235 g/mol. The van der Waals surface area contributed by atoms with E-state index in [2.05, 4.69) is 43.9 Å². The Morgan fingerprint density at radius 3 is 2.41 bits per heavy atom. The molecule has 0 saturated heterocycles. The Morgan fingerprint density at radius 1 is 1.06 bits per heavy atom. The van der Waals surface area contributed by atoms with Crippen molar-refractivity contribution in [3.05, 3.63) is 29.8 Å². The van der Waals surface area contributed by atoms with Crippen LogP contribution in [-0.4, -0.2) is 31.1 Å². The molecule has 0 spiro atoms. The first-order chi connectivity index (χ1) is 8.31. The number of hydrogen-bond acceptors (Lipinski definition) is 2. The SMILES string of the molecule is CCc1ccccc1OCCCN(CC)CC. The minimum absolute atomic E-state index is 0.813. The maximum Gasteiger partial charge on any atom is 0.122 e. The summed E-state index contributed by atoms with van der Waals surface area (Å²) in [6.07, 6.45) is 2.13. The standard InChI is InChI=1S/C15H25NO/c1-4-14-10-7-8-11-15(14)17-13-9-12-16(5-2)6-3/h7-8,10-11H,4-6,9,12-13H2,1-3H3. The molecule has 17 heavy (non-hydrogen) atoms. The summed E-state index contributed by atoms with van der Waals surface area (Å²) in [5.41, 5.74) is 1.30. The molecule has 0 bridgehead atoms. The highest BCUT2D eigenvalue weighted by molar-refractivity contribution is 5.33. The van der Waals surface area contributed by atoms with Crippen molar-refractivity contribution in [2.75, 3.05) is 26.2 Å². The van der Waals surface area contributed by atoms with Crippen molar-refractivity contribution in [2.45, 2.75) is 33.6 Å². The van der Waals surface area contributed by atoms with Crippen LogP contribution >= 0.6 is 0 Å². The second kappa shape index (κ2) is 8.13. The number of nitrogens with zero attached hydrogens (tertiary/aromatic N) is 1. The van der Waals surface area contributed by atoms with E-state index in [0.717, 1.165) is 44.8 Å². The van der Waals surface area contributed by atoms with E-state index in [-0.39, 0.29) is 0 Å². The molecule has 1 rings (SSSR count). The molecule has 0 N–H and O–H groups in total. The Morgan fingerprint density at radius 2 is 1.76 bits per heavy atom. The van der Waals surface area contributed by atoms with Gasteiger partial charge in [0.05, 0.1) is 6.61 Å². The van der Waals surface area contributed by atoms with Gasteiger partial charge in [0.25, 0.3) is 0 Å². The summed E-state index contributed by atoms with van der Waals surface area (Å²) in [5.74, 6) is 1.05. The largest absolute Gasteiger partial charge is 0.493 e. The molecule has 0 amide bonds. The number of benzene rings is 1. The Labute approximate surface area is 106 Å². The quantitative estimate of drug-likeness (QED) is 0.641. The first-order valence-electron chi connectivity index (χ1n) is 6.74. The minimum atomic E-state index is 0.813. The Kier molecular flexibility index (Phi) is 6.71. The third-order valence-corrected chi connectivity index (χ3v) is 3.12. The van der Waals surface area contributed by atoms with Crippen LogP contribution in [0.2, 0.25) is 0 Å². The monoisotopic (exact) mass is 235 g/mol. The van der Waals surface area contributed by atoms with E-state index in [0.29, 0.717) is 0 Å². The maximum atomic E-state index is 5.84. The average Bonchev–Trinajstić information content (AvgIpc) is 2.39. The summed E-state index contributed by atoms with van der Waals surface area (Å²) in [7, 11) is 0. The number of aryl methyl sites for hydroxylation is 1. The molecule has 2 nitrogen and oxygen atoms in total. The highest BCUT2D eigenvalue weighted by Gasteiger charge is 2.01. The molecule has 1 aromatic carbocycles. The predicted octanol–water partition coefficient (Wildman–Crippen LogP) is 3.36. The van der Waals surface area contributed by atoms with Crippen LogP contribution in [0.5, 0.6) is 5.75 Å². The smallest absolute Gasteiger partial charge is 0.122 e. The predicted molar refractivity (Wildman–Crippen MR) is 73.7 cm³/mol. The lowest BCUT2D eigenvalue weighted by Gasteiger charge is -2.18. The van der Waals surface area contributed by atoms with Crippen molar-refractivity contribution < 1.29 is 4.74 Å². The fraction of sp³-hybridized carbons (Fsp3) is 0.600. The topological polar surface area (TPSA) is 12.5 Å². The first kappa shape index (κ1) is 14.0. The summed E-state index contributed by atoms with van der Waals surface area (Å²) < 4.78 is 5.84. The van der Waals surface area contributed by atoms with Gasteiger partial charge >= 0.3 is 0 Å². The normalized spacial score (nSPS) is 10.8. The highest BCUT2D eigenvalue weighted by atomic mass is 16.5. The third kappa shape index (κ3) is 4.78. The fourth-order valence-corrected chi connectivity index (χ4v) is 1.95. The first-order valence-corrected chi connectivity index (χ1v) is 6.74. The molecule has 0 aliphatic carbocycles. The Hall–Kier alpha value is -1.02. The van der Waals surface area contributed by atoms with E-state index < -0.39 is 0 Å². The lowest BCUT2D eigenvalue weighted by atomic mass is 10.1. The van der Waals surface area contributed by atoms with Gasteiger partial charge in [-0.05, 0) is 37.6 Å². The summed E-state index contributed by atoms with van der Waals surface area (Å²) in [6, 6.07) is 8.32. The molecular weight excluding hydrogens is 210 g/mol.